The van der Waals surface area contributed by atoms with E-state index in [0.717, 1.165) is 6.29 Å². The molecule has 134 valence electrons. The number of hydrogen-bond acceptors (Lipinski definition) is 1. The molecule has 0 saturated heterocycles. The standard InChI is InChI=1S/C3HN2O2.16W/c4-2(1-6)3(5)7;;;;;;;;;;;;;;;;/h(H-,5,7);;;;;;;;;;;;;;;;/q-3;;;;;;;;;;;;;;;;. The summed E-state index contributed by atoms with van der Waals surface area (Å²) in [7, 11) is 0. The van der Waals surface area contributed by atoms with E-state index >= 15 is 0 Å². The molecule has 0 atom stereocenters. The molecule has 0 aliphatic rings. The molecule has 1 N–H and O–H groups in total. The van der Waals surface area contributed by atoms with Crippen molar-refractivity contribution in [3.8, 4) is 0 Å². The second kappa shape index (κ2) is 107. The van der Waals surface area contributed by atoms with E-state index in [2.05, 4.69) is 0 Å². The Hall–Kier alpha value is 9.82. The predicted octanol–water partition coefficient (Wildman–Crippen LogP) is -0.408. The Morgan fingerprint density at radius 3 is 0.739 bits per heavy atom. The van der Waals surface area contributed by atoms with Gasteiger partial charge in [-0.2, -0.15) is 5.90 Å². The Morgan fingerprint density at radius 2 is 0.739 bits per heavy atom. The molecule has 0 amide bonds. The maximum atomic E-state index is 9.19. The number of hydrogen-bond donors (Lipinski definition) is 1. The first-order valence-corrected chi connectivity index (χ1v) is 23.7. The van der Waals surface area contributed by atoms with Crippen molar-refractivity contribution in [1.29, 1.82) is 0 Å². The number of rotatable bonds is 2. The van der Waals surface area contributed by atoms with Gasteiger partial charge in [0.05, 0.1) is 0 Å². The van der Waals surface area contributed by atoms with Crippen molar-refractivity contribution in [2.45, 2.75) is 0 Å². The van der Waals surface area contributed by atoms with Crippen molar-refractivity contribution in [2.75, 3.05) is 0 Å². The predicted molar refractivity (Wildman–Crippen MR) is 25.1 cm³/mol. The summed E-state index contributed by atoms with van der Waals surface area (Å²) in [6.07, 6.45) is 0.850. The van der Waals surface area contributed by atoms with Crippen molar-refractivity contribution in [1.82, 2.24) is 0 Å². The summed E-state index contributed by atoms with van der Waals surface area (Å²) in [4.78, 5) is 9.19. The molecule has 0 spiro atoms. The second-order valence-corrected chi connectivity index (χ2v) is 0.774. The van der Waals surface area contributed by atoms with Crippen LogP contribution in [0, 0.1) is 0 Å². The maximum absolute atomic E-state index is 9.19. The van der Waals surface area contributed by atoms with Crippen LogP contribution in [0.3, 0.4) is 0 Å². The van der Waals surface area contributed by atoms with Crippen LogP contribution in [0.4, 0.5) is 0 Å². The van der Waals surface area contributed by atoms with Crippen molar-refractivity contribution >= 4 is 17.9 Å². The van der Waals surface area contributed by atoms with Gasteiger partial charge in [0.2, 0.25) is 0 Å². The summed E-state index contributed by atoms with van der Waals surface area (Å²) < 4.78 is 0. The average molecular weight is 3040 g/mol. The van der Waals surface area contributed by atoms with Gasteiger partial charge in [0.25, 0.3) is 0 Å². The Balaban J connectivity index is -0.00000000289. The molecule has 23 heavy (non-hydrogen) atoms. The minimum atomic E-state index is -1.41. The average Bonchev–Trinajstić information content (AvgIpc) is 2.10. The normalized spacial score (nSPS) is 2.61. The summed E-state index contributed by atoms with van der Waals surface area (Å²) in [6, 6.07) is 0. The third-order valence-electron chi connectivity index (χ3n) is 0.308. The van der Waals surface area contributed by atoms with Gasteiger partial charge in [-0.25, -0.2) is 0 Å². The van der Waals surface area contributed by atoms with Gasteiger partial charge >= 0.3 is 64.9 Å². The molecule has 0 saturated carbocycles. The fourth-order valence-electron chi connectivity index (χ4n) is 0.0456. The van der Waals surface area contributed by atoms with Gasteiger partial charge in [-0.05, 0) is 6.29 Å². The first-order valence-electron chi connectivity index (χ1n) is 1.71. The zero-order chi connectivity index (χ0) is 9.86. The molecule has 0 aromatic rings. The molecular formula is C3HN2O2W16-3. The van der Waals surface area contributed by atoms with E-state index in [1.807, 2.05) is 0 Å². The number of nitrogens with zero attached hydrogens (tertiary/aromatic N) is 2. The van der Waals surface area contributed by atoms with Crippen LogP contribution in [0.15, 0.2) is 0 Å². The van der Waals surface area contributed by atoms with Gasteiger partial charge in [0, 0.05) is 253 Å². The van der Waals surface area contributed by atoms with E-state index in [4.69, 9.17) is 15.9 Å². The van der Waals surface area contributed by atoms with Gasteiger partial charge < -0.3 is 20.7 Å². The fraction of sp³-hybridized carbons (Fsp3) is 0. The summed E-state index contributed by atoms with van der Waals surface area (Å²) in [5.41, 5.74) is -1.18. The molecular weight excluding hydrogens is 3040 g/mol. The van der Waals surface area contributed by atoms with Crippen LogP contribution < -0.4 is 0 Å². The van der Waals surface area contributed by atoms with Crippen molar-refractivity contribution in [2.24, 2.45) is 0 Å². The summed E-state index contributed by atoms with van der Waals surface area (Å²) in [6.45, 7) is 0. The third-order valence-corrected chi connectivity index (χ3v) is 0.308. The number of aliphatic hydroxyl groups is 1. The fourth-order valence-corrected chi connectivity index (χ4v) is 0.0456. The SMILES string of the molecule is [N-]=C(O)C(=[N-])[C-]=O.[W].[W].[W].[W].[W].[W].[W].[W].[W].[W].[W].[W].[W]=[W].[W]=[W]. The first kappa shape index (κ1) is 105. The molecule has 0 aromatic carbocycles. The molecule has 0 radical (unpaired) electrons. The molecule has 0 aliphatic carbocycles. The monoisotopic (exact) mass is 3040 g/mol. The Morgan fingerprint density at radius 1 is 0.609 bits per heavy atom. The zero-order valence-electron chi connectivity index (χ0n) is 9.78. The number of aliphatic hydroxyl groups excluding tert-OH is 1. The Labute approximate surface area is 347 Å². The van der Waals surface area contributed by atoms with Crippen LogP contribution in [0.5, 0.6) is 0 Å². The molecule has 0 aliphatic heterocycles. The molecule has 20 heteroatoms. The number of carbonyl (C=O) groups excluding carboxylic acids is 1. The second-order valence-electron chi connectivity index (χ2n) is 0.774. The van der Waals surface area contributed by atoms with E-state index in [1.54, 1.807) is 64.9 Å². The van der Waals surface area contributed by atoms with E-state index in [9.17, 15) is 4.79 Å². The van der Waals surface area contributed by atoms with Crippen LogP contribution >= 0.6 is 0 Å². The van der Waals surface area contributed by atoms with Crippen molar-refractivity contribution in [3.05, 3.63) is 10.8 Å². The van der Waals surface area contributed by atoms with E-state index in [1.165, 1.54) is 0 Å². The van der Waals surface area contributed by atoms with E-state index in [-0.39, 0.29) is 253 Å². The zero-order valence-corrected chi connectivity index (χ0v) is 56.7. The quantitative estimate of drug-likeness (QED) is 0.232. The van der Waals surface area contributed by atoms with Gasteiger partial charge in [-0.3, -0.25) is 5.71 Å². The summed E-state index contributed by atoms with van der Waals surface area (Å²) in [5.74, 6) is -1.41. The summed E-state index contributed by atoms with van der Waals surface area (Å²) >= 11 is 6.67. The van der Waals surface area contributed by atoms with Crippen LogP contribution in [0.2, 0.25) is 0 Å². The van der Waals surface area contributed by atoms with E-state index < -0.39 is 11.6 Å². The van der Waals surface area contributed by atoms with Gasteiger partial charge in [-0.1, -0.05) is 0 Å². The van der Waals surface area contributed by atoms with Gasteiger partial charge in [-0.15, -0.1) is 0 Å². The first-order chi connectivity index (χ1) is 5.18. The van der Waals surface area contributed by atoms with Gasteiger partial charge in [0.15, 0.2) is 0 Å². The van der Waals surface area contributed by atoms with Crippen LogP contribution in [-0.2, 0) is 322 Å². The van der Waals surface area contributed by atoms with Gasteiger partial charge in [0.1, 0.15) is 0 Å². The van der Waals surface area contributed by atoms with Crippen LogP contribution in [0.25, 0.3) is 10.8 Å². The molecule has 4 nitrogen and oxygen atoms in total. The third kappa shape index (κ3) is 113. The molecule has 0 rings (SSSR count). The molecule has 0 unspecified atom stereocenters. The topological polar surface area (TPSA) is 81.9 Å². The van der Waals surface area contributed by atoms with Crippen molar-refractivity contribution in [3.63, 3.8) is 0 Å². The van der Waals surface area contributed by atoms with Crippen LogP contribution in [0.1, 0.15) is 0 Å². The van der Waals surface area contributed by atoms with E-state index in [0.29, 0.717) is 0 Å². The molecule has 0 bridgehead atoms. The summed E-state index contributed by atoms with van der Waals surface area (Å²) in [5, 5.41) is 23.4. The van der Waals surface area contributed by atoms with Crippen molar-refractivity contribution < 1.29 is 328 Å². The molecule has 0 heterocycles. The molecule has 0 aromatic heterocycles. The molecule has 0 fully saturated rings. The minimum absolute atomic E-state index is 0. The van der Waals surface area contributed by atoms with Crippen LogP contribution in [-0.4, -0.2) is 23.0 Å². The Kier molecular flexibility index (Phi) is 486. The Bertz CT molecular complexity index is 158.